The maximum atomic E-state index is 11.5. The standard InChI is InChI=1S/C15H33N6O5/c1-26-15(25)13(23)12(22)14(24)21-11-10-20-9-8-19-7-6-18-5-4-17-3-2-16/h12-13,16-20,22-23H,2-11H2,1H3,(H,21,24). The van der Waals surface area contributed by atoms with E-state index in [-0.39, 0.29) is 6.54 Å². The molecular weight excluding hydrogens is 344 g/mol. The second kappa shape index (κ2) is 17.1. The maximum Gasteiger partial charge on any atom is 0.338 e. The Labute approximate surface area is 154 Å². The van der Waals surface area contributed by atoms with Crippen LogP contribution < -0.4 is 32.3 Å². The van der Waals surface area contributed by atoms with Crippen molar-refractivity contribution in [1.82, 2.24) is 32.3 Å². The highest BCUT2D eigenvalue weighted by atomic mass is 16.5. The number of amides is 1. The lowest BCUT2D eigenvalue weighted by molar-refractivity contribution is -0.161. The minimum atomic E-state index is -1.89. The molecule has 2 unspecified atom stereocenters. The van der Waals surface area contributed by atoms with Gasteiger partial charge in [-0.3, -0.25) is 10.5 Å². The predicted octanol–water partition coefficient (Wildman–Crippen LogP) is -4.36. The van der Waals surface area contributed by atoms with Gasteiger partial charge in [0, 0.05) is 65.4 Å². The van der Waals surface area contributed by atoms with Crippen molar-refractivity contribution in [3.8, 4) is 0 Å². The molecule has 0 aliphatic carbocycles. The van der Waals surface area contributed by atoms with Crippen LogP contribution in [0.1, 0.15) is 0 Å². The summed E-state index contributed by atoms with van der Waals surface area (Å²) in [6, 6.07) is 0. The van der Waals surface area contributed by atoms with Gasteiger partial charge in [-0.2, -0.15) is 0 Å². The Hall–Kier alpha value is -1.34. The number of methoxy groups -OCH3 is 1. The summed E-state index contributed by atoms with van der Waals surface area (Å²) in [5, 5.41) is 34.0. The molecule has 26 heavy (non-hydrogen) atoms. The highest BCUT2D eigenvalue weighted by Crippen LogP contribution is 1.96. The van der Waals surface area contributed by atoms with Crippen LogP contribution in [0.15, 0.2) is 0 Å². The molecule has 0 saturated carbocycles. The average molecular weight is 377 g/mol. The summed E-state index contributed by atoms with van der Waals surface area (Å²) < 4.78 is 4.25. The second-order valence-corrected chi connectivity index (χ2v) is 5.45. The van der Waals surface area contributed by atoms with E-state index in [4.69, 9.17) is 5.73 Å². The van der Waals surface area contributed by atoms with E-state index in [2.05, 4.69) is 31.3 Å². The van der Waals surface area contributed by atoms with E-state index in [9.17, 15) is 19.8 Å². The van der Waals surface area contributed by atoms with Crippen LogP contribution in [0.3, 0.4) is 0 Å². The molecule has 1 radical (unpaired) electrons. The van der Waals surface area contributed by atoms with Crippen molar-refractivity contribution < 1.29 is 24.5 Å². The molecule has 153 valence electrons. The smallest absolute Gasteiger partial charge is 0.338 e. The highest BCUT2D eigenvalue weighted by molar-refractivity contribution is 5.88. The number of carbonyl (C=O) groups is 2. The molecule has 0 rings (SSSR count). The molecule has 0 aromatic rings. The van der Waals surface area contributed by atoms with Crippen molar-refractivity contribution in [1.29, 1.82) is 0 Å². The molecule has 0 bridgehead atoms. The Balaban J connectivity index is 3.40. The van der Waals surface area contributed by atoms with Gasteiger partial charge >= 0.3 is 5.97 Å². The van der Waals surface area contributed by atoms with E-state index in [1.807, 2.05) is 0 Å². The Morgan fingerprint density at radius 3 is 1.65 bits per heavy atom. The molecule has 0 aromatic heterocycles. The van der Waals surface area contributed by atoms with Crippen molar-refractivity contribution in [2.45, 2.75) is 12.2 Å². The van der Waals surface area contributed by atoms with Crippen LogP contribution in [0.25, 0.3) is 0 Å². The summed E-state index contributed by atoms with van der Waals surface area (Å²) >= 11 is 0. The zero-order chi connectivity index (χ0) is 19.6. The number of rotatable bonds is 17. The Kier molecular flexibility index (Phi) is 16.2. The molecule has 8 N–H and O–H groups in total. The van der Waals surface area contributed by atoms with E-state index in [1.54, 1.807) is 0 Å². The predicted molar refractivity (Wildman–Crippen MR) is 96.5 cm³/mol. The molecule has 11 nitrogen and oxygen atoms in total. The molecular formula is C15H33N6O5. The number of nitrogens with one attached hydrogen (secondary N) is 6. The first-order chi connectivity index (χ1) is 12.5. The fourth-order valence-electron chi connectivity index (χ4n) is 1.89. The minimum absolute atomic E-state index is 0.261. The number of carbonyl (C=O) groups excluding carboxylic acids is 2. The molecule has 0 aliphatic heterocycles. The van der Waals surface area contributed by atoms with Gasteiger partial charge in [0.1, 0.15) is 0 Å². The van der Waals surface area contributed by atoms with Crippen molar-refractivity contribution in [3.63, 3.8) is 0 Å². The molecule has 2 atom stereocenters. The minimum Gasteiger partial charge on any atom is -0.467 e. The first kappa shape index (κ1) is 24.7. The van der Waals surface area contributed by atoms with Crippen molar-refractivity contribution in [3.05, 3.63) is 0 Å². The van der Waals surface area contributed by atoms with Crippen LogP contribution in [0.4, 0.5) is 0 Å². The largest absolute Gasteiger partial charge is 0.467 e. The average Bonchev–Trinajstić information content (AvgIpc) is 2.66. The lowest BCUT2D eigenvalue weighted by Crippen LogP contribution is -2.47. The summed E-state index contributed by atoms with van der Waals surface area (Å²) in [6.07, 6.45) is -3.74. The van der Waals surface area contributed by atoms with E-state index in [0.29, 0.717) is 19.6 Å². The maximum absolute atomic E-state index is 11.5. The lowest BCUT2D eigenvalue weighted by Gasteiger charge is -2.15. The van der Waals surface area contributed by atoms with Gasteiger partial charge in [0.15, 0.2) is 12.2 Å². The number of ether oxygens (including phenoxy) is 1. The van der Waals surface area contributed by atoms with Crippen molar-refractivity contribution >= 4 is 11.9 Å². The van der Waals surface area contributed by atoms with Crippen LogP contribution in [-0.2, 0) is 14.3 Å². The van der Waals surface area contributed by atoms with Gasteiger partial charge < -0.3 is 41.5 Å². The summed E-state index contributed by atoms with van der Waals surface area (Å²) in [5.74, 6) is -1.89. The van der Waals surface area contributed by atoms with E-state index in [1.165, 1.54) is 0 Å². The third-order valence-corrected chi connectivity index (χ3v) is 3.35. The van der Waals surface area contributed by atoms with Gasteiger partial charge in [0.2, 0.25) is 0 Å². The SMILES string of the molecule is COC(=O)C(O)C(O)C(=O)NCCNCCNCCNCCNCC[NH]. The number of hydrogen-bond acceptors (Lipinski definition) is 9. The van der Waals surface area contributed by atoms with E-state index in [0.717, 1.165) is 46.4 Å². The summed E-state index contributed by atoms with van der Waals surface area (Å²) in [6.45, 7) is 6.79. The Morgan fingerprint density at radius 2 is 1.23 bits per heavy atom. The fourth-order valence-corrected chi connectivity index (χ4v) is 1.89. The van der Waals surface area contributed by atoms with Crippen LogP contribution in [0.2, 0.25) is 0 Å². The van der Waals surface area contributed by atoms with Crippen molar-refractivity contribution in [2.75, 3.05) is 72.6 Å². The third-order valence-electron chi connectivity index (χ3n) is 3.35. The van der Waals surface area contributed by atoms with Crippen LogP contribution in [-0.4, -0.2) is 107 Å². The molecule has 0 spiro atoms. The lowest BCUT2D eigenvalue weighted by atomic mass is 10.2. The molecule has 0 aromatic carbocycles. The monoisotopic (exact) mass is 377 g/mol. The quantitative estimate of drug-likeness (QED) is 0.0978. The van der Waals surface area contributed by atoms with Crippen LogP contribution in [0.5, 0.6) is 0 Å². The Morgan fingerprint density at radius 1 is 0.808 bits per heavy atom. The first-order valence-corrected chi connectivity index (χ1v) is 8.73. The molecule has 0 heterocycles. The molecule has 0 saturated heterocycles. The summed E-state index contributed by atoms with van der Waals surface area (Å²) in [4.78, 5) is 22.5. The van der Waals surface area contributed by atoms with Gasteiger partial charge in [-0.1, -0.05) is 0 Å². The summed E-state index contributed by atoms with van der Waals surface area (Å²) in [7, 11) is 1.06. The summed E-state index contributed by atoms with van der Waals surface area (Å²) in [5.41, 5.74) is 6.98. The molecule has 0 fully saturated rings. The second-order valence-electron chi connectivity index (χ2n) is 5.45. The Bertz CT molecular complexity index is 374. The molecule has 1 amide bonds. The van der Waals surface area contributed by atoms with Gasteiger partial charge in [-0.25, -0.2) is 4.79 Å². The number of esters is 1. The van der Waals surface area contributed by atoms with Crippen LogP contribution in [0, 0.1) is 0 Å². The van der Waals surface area contributed by atoms with Crippen molar-refractivity contribution in [2.24, 2.45) is 0 Å². The van der Waals surface area contributed by atoms with Gasteiger partial charge in [0.25, 0.3) is 5.91 Å². The van der Waals surface area contributed by atoms with Gasteiger partial charge in [0.05, 0.1) is 7.11 Å². The van der Waals surface area contributed by atoms with E-state index >= 15 is 0 Å². The zero-order valence-electron chi connectivity index (χ0n) is 15.3. The van der Waals surface area contributed by atoms with Crippen LogP contribution >= 0.6 is 0 Å². The number of aliphatic hydroxyl groups is 2. The normalized spacial score (nSPS) is 13.2. The topological polar surface area (TPSA) is 168 Å². The highest BCUT2D eigenvalue weighted by Gasteiger charge is 2.30. The molecule has 0 aliphatic rings. The number of aliphatic hydroxyl groups excluding tert-OH is 2. The van der Waals surface area contributed by atoms with E-state index < -0.39 is 24.1 Å². The zero-order valence-corrected chi connectivity index (χ0v) is 15.3. The first-order valence-electron chi connectivity index (χ1n) is 8.73. The van der Waals surface area contributed by atoms with Gasteiger partial charge in [-0.15, -0.1) is 0 Å². The number of hydrogen-bond donors (Lipinski definition) is 7. The fraction of sp³-hybridized carbons (Fsp3) is 0.867. The molecule has 11 heteroatoms. The third kappa shape index (κ3) is 12.9. The van der Waals surface area contributed by atoms with Gasteiger partial charge in [-0.05, 0) is 0 Å².